The van der Waals surface area contributed by atoms with Crippen LogP contribution < -0.4 is 0 Å². The van der Waals surface area contributed by atoms with E-state index in [4.69, 9.17) is 4.74 Å². The first-order valence-electron chi connectivity index (χ1n) is 8.76. The molecule has 1 spiro atoms. The molecule has 1 saturated carbocycles. The van der Waals surface area contributed by atoms with Gasteiger partial charge in [0.2, 0.25) is 0 Å². The average molecular weight is 359 g/mol. The van der Waals surface area contributed by atoms with E-state index in [-0.39, 0.29) is 23.0 Å². The average Bonchev–Trinajstić information content (AvgIpc) is 3.08. The molecule has 2 fully saturated rings. The fraction of sp³-hybridized carbons (Fsp3) is 0.765. The van der Waals surface area contributed by atoms with Gasteiger partial charge in [-0.05, 0) is 31.6 Å². The summed E-state index contributed by atoms with van der Waals surface area (Å²) in [5, 5.41) is 3.82. The van der Waals surface area contributed by atoms with E-state index in [1.165, 1.54) is 13.2 Å². The number of nitrogens with zero attached hydrogens (tertiary/aromatic N) is 3. The van der Waals surface area contributed by atoms with Crippen molar-refractivity contribution >= 4 is 6.09 Å². The second-order valence-corrected chi connectivity index (χ2v) is 7.33. The monoisotopic (exact) mass is 359 g/mol. The number of likely N-dealkylation sites (tertiary alicyclic amines) is 1. The van der Waals surface area contributed by atoms with Crippen LogP contribution in [0.3, 0.4) is 0 Å². The highest BCUT2D eigenvalue weighted by Crippen LogP contribution is 2.53. The molecule has 0 aromatic carbocycles. The fourth-order valence-electron chi connectivity index (χ4n) is 4.15. The number of halogens is 3. The first-order valence-corrected chi connectivity index (χ1v) is 8.76. The Kier molecular flexibility index (Phi) is 4.72. The molecule has 0 bridgehead atoms. The number of hydrogen-bond acceptors (Lipinski definition) is 3. The lowest BCUT2D eigenvalue weighted by atomic mass is 9.77. The second-order valence-electron chi connectivity index (χ2n) is 7.33. The van der Waals surface area contributed by atoms with E-state index in [0.29, 0.717) is 32.5 Å². The van der Waals surface area contributed by atoms with Gasteiger partial charge in [-0.25, -0.2) is 4.79 Å². The molecule has 0 N–H and O–H groups in total. The van der Waals surface area contributed by atoms with Gasteiger partial charge in [0.05, 0.1) is 12.8 Å². The zero-order valence-corrected chi connectivity index (χ0v) is 14.6. The maximum absolute atomic E-state index is 13.3. The lowest BCUT2D eigenvalue weighted by Gasteiger charge is -2.47. The minimum Gasteiger partial charge on any atom is -0.449 e. The maximum Gasteiger partial charge on any atom is 0.433 e. The van der Waals surface area contributed by atoms with Crippen LogP contribution in [0, 0.1) is 5.41 Å². The van der Waals surface area contributed by atoms with Crippen molar-refractivity contribution in [2.75, 3.05) is 19.7 Å². The molecule has 1 aliphatic carbocycles. The fourth-order valence-corrected chi connectivity index (χ4v) is 4.15. The van der Waals surface area contributed by atoms with Crippen LogP contribution in [0.2, 0.25) is 0 Å². The molecular weight excluding hydrogens is 335 g/mol. The van der Waals surface area contributed by atoms with Gasteiger partial charge in [0.15, 0.2) is 0 Å². The zero-order chi connectivity index (χ0) is 18.2. The number of rotatable bonds is 4. The summed E-state index contributed by atoms with van der Waals surface area (Å²) in [4.78, 5) is 13.6. The standard InChI is InChI=1S/C17H24F3N3O2/c1-3-4-7-25-15(24)23-10-16(11-23)6-5-12(8-16)13-9-21-22(2)14(13)17(18,19)20/h9,12H,3-8,10-11H2,1-2H3. The first-order chi connectivity index (χ1) is 11.8. The number of aryl methyl sites for hydroxylation is 1. The summed E-state index contributed by atoms with van der Waals surface area (Å²) in [6.07, 6.45) is 0.656. The van der Waals surface area contributed by atoms with E-state index in [0.717, 1.165) is 23.9 Å². The van der Waals surface area contributed by atoms with Crippen molar-refractivity contribution in [1.82, 2.24) is 14.7 Å². The third-order valence-corrected chi connectivity index (χ3v) is 5.41. The van der Waals surface area contributed by atoms with Gasteiger partial charge < -0.3 is 9.64 Å². The Balaban J connectivity index is 1.60. The van der Waals surface area contributed by atoms with E-state index in [1.54, 1.807) is 4.90 Å². The molecule has 1 amide bonds. The van der Waals surface area contributed by atoms with Crippen molar-refractivity contribution < 1.29 is 22.7 Å². The molecule has 2 aliphatic rings. The van der Waals surface area contributed by atoms with Crippen LogP contribution in [0.1, 0.15) is 56.2 Å². The van der Waals surface area contributed by atoms with Gasteiger partial charge in [-0.3, -0.25) is 4.68 Å². The summed E-state index contributed by atoms with van der Waals surface area (Å²) >= 11 is 0. The number of alkyl halides is 3. The smallest absolute Gasteiger partial charge is 0.433 e. The number of carbonyl (C=O) groups excluding carboxylic acids is 1. The van der Waals surface area contributed by atoms with Crippen molar-refractivity contribution in [3.05, 3.63) is 17.5 Å². The summed E-state index contributed by atoms with van der Waals surface area (Å²) in [6.45, 7) is 3.61. The predicted octanol–water partition coefficient (Wildman–Crippen LogP) is 3.95. The summed E-state index contributed by atoms with van der Waals surface area (Å²) in [6, 6.07) is 0. The van der Waals surface area contributed by atoms with Crippen molar-refractivity contribution in [2.24, 2.45) is 12.5 Å². The van der Waals surface area contributed by atoms with E-state index in [9.17, 15) is 18.0 Å². The molecule has 25 heavy (non-hydrogen) atoms. The van der Waals surface area contributed by atoms with Crippen LogP contribution in [0.5, 0.6) is 0 Å². The van der Waals surface area contributed by atoms with Crippen molar-refractivity contribution in [1.29, 1.82) is 0 Å². The van der Waals surface area contributed by atoms with Gasteiger partial charge in [0.1, 0.15) is 5.69 Å². The molecule has 5 nitrogen and oxygen atoms in total. The minimum absolute atomic E-state index is 0.0623. The number of ether oxygens (including phenoxy) is 1. The van der Waals surface area contributed by atoms with Crippen molar-refractivity contribution in [2.45, 2.75) is 51.1 Å². The highest BCUT2D eigenvalue weighted by atomic mass is 19.4. The maximum atomic E-state index is 13.3. The van der Waals surface area contributed by atoms with E-state index in [1.807, 2.05) is 6.92 Å². The zero-order valence-electron chi connectivity index (χ0n) is 14.6. The van der Waals surface area contributed by atoms with Crippen molar-refractivity contribution in [3.8, 4) is 0 Å². The van der Waals surface area contributed by atoms with E-state index in [2.05, 4.69) is 5.10 Å². The van der Waals surface area contributed by atoms with E-state index < -0.39 is 11.9 Å². The van der Waals surface area contributed by atoms with Crippen LogP contribution in [0.25, 0.3) is 0 Å². The lowest BCUT2D eigenvalue weighted by Crippen LogP contribution is -2.57. The molecule has 1 aliphatic heterocycles. The van der Waals surface area contributed by atoms with Gasteiger partial charge >= 0.3 is 12.3 Å². The highest BCUT2D eigenvalue weighted by Gasteiger charge is 2.52. The number of carbonyl (C=O) groups is 1. The van der Waals surface area contributed by atoms with Crippen LogP contribution >= 0.6 is 0 Å². The molecule has 1 unspecified atom stereocenters. The van der Waals surface area contributed by atoms with Crippen LogP contribution in [0.15, 0.2) is 6.20 Å². The van der Waals surface area contributed by atoms with Crippen LogP contribution in [-0.4, -0.2) is 40.5 Å². The SMILES string of the molecule is CCCCOC(=O)N1CC2(CCC(c3cnn(C)c3C(F)(F)F)C2)C1. The topological polar surface area (TPSA) is 47.4 Å². The van der Waals surface area contributed by atoms with Crippen LogP contribution in [0.4, 0.5) is 18.0 Å². The molecule has 1 saturated heterocycles. The quantitative estimate of drug-likeness (QED) is 0.765. The van der Waals surface area contributed by atoms with Crippen LogP contribution in [-0.2, 0) is 18.0 Å². The molecule has 0 radical (unpaired) electrons. The number of amides is 1. The lowest BCUT2D eigenvalue weighted by molar-refractivity contribution is -0.144. The Hall–Kier alpha value is -1.73. The Morgan fingerprint density at radius 2 is 2.16 bits per heavy atom. The number of aromatic nitrogens is 2. The van der Waals surface area contributed by atoms with Crippen molar-refractivity contribution in [3.63, 3.8) is 0 Å². The third-order valence-electron chi connectivity index (χ3n) is 5.41. The normalized spacial score (nSPS) is 22.3. The molecule has 1 aromatic heterocycles. The van der Waals surface area contributed by atoms with Gasteiger partial charge in [-0.15, -0.1) is 0 Å². The molecular formula is C17H24F3N3O2. The summed E-state index contributed by atoms with van der Waals surface area (Å²) < 4.78 is 45.9. The Morgan fingerprint density at radius 1 is 1.44 bits per heavy atom. The summed E-state index contributed by atoms with van der Waals surface area (Å²) in [5.41, 5.74) is -0.423. The third kappa shape index (κ3) is 3.48. The Labute approximate surface area is 145 Å². The summed E-state index contributed by atoms with van der Waals surface area (Å²) in [5.74, 6) is -0.149. The van der Waals surface area contributed by atoms with Gasteiger partial charge in [-0.2, -0.15) is 18.3 Å². The summed E-state index contributed by atoms with van der Waals surface area (Å²) in [7, 11) is 1.33. The van der Waals surface area contributed by atoms with Gasteiger partial charge in [0.25, 0.3) is 0 Å². The molecule has 140 valence electrons. The molecule has 1 atom stereocenters. The van der Waals surface area contributed by atoms with Gasteiger partial charge in [0, 0.05) is 31.1 Å². The van der Waals surface area contributed by atoms with Gasteiger partial charge in [-0.1, -0.05) is 13.3 Å². The molecule has 2 heterocycles. The predicted molar refractivity (Wildman–Crippen MR) is 85.1 cm³/mol. The van der Waals surface area contributed by atoms with E-state index >= 15 is 0 Å². The largest absolute Gasteiger partial charge is 0.449 e. The number of unbranched alkanes of at least 4 members (excludes halogenated alkanes) is 1. The first kappa shape index (κ1) is 18.1. The Morgan fingerprint density at radius 3 is 2.80 bits per heavy atom. The second kappa shape index (κ2) is 6.53. The highest BCUT2D eigenvalue weighted by molar-refractivity contribution is 5.69. The molecule has 8 heteroatoms. The Bertz CT molecular complexity index is 636. The minimum atomic E-state index is -4.40. The number of hydrogen-bond donors (Lipinski definition) is 0. The molecule has 1 aromatic rings. The molecule has 3 rings (SSSR count).